The number of carboxylic acid groups (broad SMARTS) is 1. The summed E-state index contributed by atoms with van der Waals surface area (Å²) in [5, 5.41) is 8.46. The Morgan fingerprint density at radius 1 is 1.12 bits per heavy atom. The molecule has 2 unspecified atom stereocenters. The summed E-state index contributed by atoms with van der Waals surface area (Å²) in [6, 6.07) is 16.3. The van der Waals surface area contributed by atoms with Gasteiger partial charge in [0.05, 0.1) is 42.8 Å². The Labute approximate surface area is 143 Å². The predicted octanol–water partition coefficient (Wildman–Crippen LogP) is 2.86. The topological polar surface area (TPSA) is 72.8 Å². The number of methoxy groups -OCH3 is 1. The molecule has 2 aromatic carbocycles. The van der Waals surface area contributed by atoms with Crippen LogP contribution in [0.1, 0.15) is 12.0 Å². The molecular formula is C18H20O5S. The van der Waals surface area contributed by atoms with Crippen molar-refractivity contribution in [2.24, 2.45) is 0 Å². The highest BCUT2D eigenvalue weighted by atomic mass is 32.2. The van der Waals surface area contributed by atoms with Crippen molar-refractivity contribution in [2.45, 2.75) is 23.2 Å². The minimum absolute atomic E-state index is 0.111. The minimum atomic E-state index is -1.47. The molecule has 0 saturated carbocycles. The fourth-order valence-electron chi connectivity index (χ4n) is 2.18. The monoisotopic (exact) mass is 348 g/mol. The average Bonchev–Trinajstić information content (AvgIpc) is 2.61. The van der Waals surface area contributed by atoms with Gasteiger partial charge in [-0.3, -0.25) is 9.00 Å². The lowest BCUT2D eigenvalue weighted by Crippen LogP contribution is -2.25. The zero-order chi connectivity index (χ0) is 17.4. The van der Waals surface area contributed by atoms with Crippen LogP contribution in [0.4, 0.5) is 0 Å². The largest absolute Gasteiger partial charge is 0.497 e. The first-order valence-corrected chi connectivity index (χ1v) is 8.69. The molecule has 0 aliphatic rings. The van der Waals surface area contributed by atoms with Gasteiger partial charge in [0, 0.05) is 4.90 Å². The summed E-state index contributed by atoms with van der Waals surface area (Å²) >= 11 is 0. The van der Waals surface area contributed by atoms with Gasteiger partial charge in [0.2, 0.25) is 0 Å². The SMILES string of the molecule is COc1ccc(S(=O)C(COCc2ccccc2)CC(=O)O)cc1. The Morgan fingerprint density at radius 2 is 1.79 bits per heavy atom. The molecule has 2 rings (SSSR count). The van der Waals surface area contributed by atoms with Crippen LogP contribution < -0.4 is 4.74 Å². The van der Waals surface area contributed by atoms with Crippen molar-refractivity contribution in [3.05, 3.63) is 60.2 Å². The molecule has 1 N–H and O–H groups in total. The number of hydrogen-bond donors (Lipinski definition) is 1. The Balaban J connectivity index is 2.00. The minimum Gasteiger partial charge on any atom is -0.497 e. The van der Waals surface area contributed by atoms with Crippen LogP contribution in [0.2, 0.25) is 0 Å². The van der Waals surface area contributed by atoms with Gasteiger partial charge >= 0.3 is 5.97 Å². The third-order valence-electron chi connectivity index (χ3n) is 3.41. The first-order valence-electron chi connectivity index (χ1n) is 7.48. The van der Waals surface area contributed by atoms with Crippen LogP contribution in [0.15, 0.2) is 59.5 Å². The van der Waals surface area contributed by atoms with Crippen molar-refractivity contribution in [1.29, 1.82) is 0 Å². The number of aliphatic carboxylic acids is 1. The Bertz CT molecular complexity index is 670. The van der Waals surface area contributed by atoms with Crippen LogP contribution >= 0.6 is 0 Å². The molecule has 0 heterocycles. The highest BCUT2D eigenvalue weighted by Crippen LogP contribution is 2.19. The molecule has 0 amide bonds. The fourth-order valence-corrected chi connectivity index (χ4v) is 3.48. The van der Waals surface area contributed by atoms with E-state index in [4.69, 9.17) is 14.6 Å². The van der Waals surface area contributed by atoms with E-state index in [1.165, 1.54) is 0 Å². The maximum absolute atomic E-state index is 12.6. The summed E-state index contributed by atoms with van der Waals surface area (Å²) in [5.74, 6) is -0.337. The molecular weight excluding hydrogens is 328 g/mol. The maximum Gasteiger partial charge on any atom is 0.304 e. The molecule has 0 aliphatic carbocycles. The summed E-state index contributed by atoms with van der Waals surface area (Å²) in [6.45, 7) is 0.469. The second-order valence-electron chi connectivity index (χ2n) is 5.19. The summed E-state index contributed by atoms with van der Waals surface area (Å²) in [5.41, 5.74) is 0.988. The molecule has 0 saturated heterocycles. The first kappa shape index (κ1) is 18.2. The smallest absolute Gasteiger partial charge is 0.304 e. The Kier molecular flexibility index (Phi) is 6.96. The zero-order valence-electron chi connectivity index (χ0n) is 13.4. The van der Waals surface area contributed by atoms with E-state index >= 15 is 0 Å². The van der Waals surface area contributed by atoms with E-state index in [-0.39, 0.29) is 13.0 Å². The van der Waals surface area contributed by atoms with Crippen molar-refractivity contribution in [3.8, 4) is 5.75 Å². The van der Waals surface area contributed by atoms with E-state index in [0.717, 1.165) is 5.56 Å². The van der Waals surface area contributed by atoms with E-state index in [9.17, 15) is 9.00 Å². The summed E-state index contributed by atoms with van der Waals surface area (Å²) in [4.78, 5) is 11.6. The molecule has 0 aliphatic heterocycles. The van der Waals surface area contributed by atoms with Crippen molar-refractivity contribution in [3.63, 3.8) is 0 Å². The van der Waals surface area contributed by atoms with Gasteiger partial charge in [-0.1, -0.05) is 30.3 Å². The summed E-state index contributed by atoms with van der Waals surface area (Å²) < 4.78 is 23.3. The standard InChI is InChI=1S/C18H20O5S/c1-22-15-7-9-16(10-8-15)24(21)17(11-18(19)20)13-23-12-14-5-3-2-4-6-14/h2-10,17H,11-13H2,1H3,(H,19,20). The fraction of sp³-hybridized carbons (Fsp3) is 0.278. The second-order valence-corrected chi connectivity index (χ2v) is 6.93. The number of carbonyl (C=O) groups is 1. The second kappa shape index (κ2) is 9.20. The molecule has 0 fully saturated rings. The molecule has 0 spiro atoms. The number of carboxylic acids is 1. The van der Waals surface area contributed by atoms with Crippen molar-refractivity contribution >= 4 is 16.8 Å². The highest BCUT2D eigenvalue weighted by molar-refractivity contribution is 7.85. The molecule has 128 valence electrons. The van der Waals surface area contributed by atoms with Crippen LogP contribution in [0.25, 0.3) is 0 Å². The van der Waals surface area contributed by atoms with Gasteiger partial charge in [-0.05, 0) is 29.8 Å². The lowest BCUT2D eigenvalue weighted by molar-refractivity contribution is -0.137. The van der Waals surface area contributed by atoms with Crippen LogP contribution in [-0.2, 0) is 26.9 Å². The lowest BCUT2D eigenvalue weighted by Gasteiger charge is -2.15. The number of rotatable bonds is 9. The van der Waals surface area contributed by atoms with Gasteiger partial charge < -0.3 is 14.6 Å². The molecule has 0 radical (unpaired) electrons. The van der Waals surface area contributed by atoms with Crippen molar-refractivity contribution < 1.29 is 23.6 Å². The van der Waals surface area contributed by atoms with E-state index in [1.807, 2.05) is 30.3 Å². The first-order chi connectivity index (χ1) is 11.6. The van der Waals surface area contributed by atoms with Gasteiger partial charge in [-0.25, -0.2) is 0 Å². The van der Waals surface area contributed by atoms with Gasteiger partial charge in [0.1, 0.15) is 5.75 Å². The quantitative estimate of drug-likeness (QED) is 0.754. The molecule has 5 nitrogen and oxygen atoms in total. The maximum atomic E-state index is 12.6. The molecule has 24 heavy (non-hydrogen) atoms. The van der Waals surface area contributed by atoms with Gasteiger partial charge in [-0.15, -0.1) is 0 Å². The molecule has 0 bridgehead atoms. The zero-order valence-corrected chi connectivity index (χ0v) is 14.2. The average molecular weight is 348 g/mol. The lowest BCUT2D eigenvalue weighted by atomic mass is 10.2. The van der Waals surface area contributed by atoms with Gasteiger partial charge in [0.25, 0.3) is 0 Å². The van der Waals surface area contributed by atoms with Crippen LogP contribution in [0, 0.1) is 0 Å². The number of hydrogen-bond acceptors (Lipinski definition) is 4. The Hall–Kier alpha value is -2.18. The highest BCUT2D eigenvalue weighted by Gasteiger charge is 2.22. The third kappa shape index (κ3) is 5.47. The van der Waals surface area contributed by atoms with E-state index in [1.54, 1.807) is 31.4 Å². The molecule has 2 atom stereocenters. The predicted molar refractivity (Wildman–Crippen MR) is 91.5 cm³/mol. The summed E-state index contributed by atoms with van der Waals surface area (Å²) in [6.07, 6.45) is -0.215. The van der Waals surface area contributed by atoms with E-state index in [0.29, 0.717) is 17.3 Å². The number of ether oxygens (including phenoxy) is 2. The summed E-state index contributed by atoms with van der Waals surface area (Å²) in [7, 11) is 0.0809. The van der Waals surface area contributed by atoms with E-state index < -0.39 is 22.0 Å². The third-order valence-corrected chi connectivity index (χ3v) is 5.06. The normalized spacial score (nSPS) is 13.2. The van der Waals surface area contributed by atoms with Gasteiger partial charge in [0.15, 0.2) is 0 Å². The van der Waals surface area contributed by atoms with Crippen LogP contribution in [0.3, 0.4) is 0 Å². The van der Waals surface area contributed by atoms with Crippen molar-refractivity contribution in [1.82, 2.24) is 0 Å². The number of benzene rings is 2. The molecule has 0 aromatic heterocycles. The molecule has 2 aromatic rings. The van der Waals surface area contributed by atoms with Crippen LogP contribution in [-0.4, -0.2) is 34.3 Å². The van der Waals surface area contributed by atoms with Crippen LogP contribution in [0.5, 0.6) is 5.75 Å². The Morgan fingerprint density at radius 3 is 2.38 bits per heavy atom. The molecule has 6 heteroatoms. The van der Waals surface area contributed by atoms with E-state index in [2.05, 4.69) is 0 Å². The van der Waals surface area contributed by atoms with Gasteiger partial charge in [-0.2, -0.15) is 0 Å². The van der Waals surface area contributed by atoms with Crippen molar-refractivity contribution in [2.75, 3.05) is 13.7 Å².